The van der Waals surface area contributed by atoms with Crippen molar-refractivity contribution in [2.24, 2.45) is 11.7 Å². The number of nitrogens with two attached hydrogens (primary N) is 1. The van der Waals surface area contributed by atoms with Crippen molar-refractivity contribution >= 4 is 15.8 Å². The highest BCUT2D eigenvalue weighted by Gasteiger charge is 2.22. The van der Waals surface area contributed by atoms with Gasteiger partial charge in [0.15, 0.2) is 9.84 Å². The molecule has 5 nitrogen and oxygen atoms in total. The molecule has 0 aliphatic heterocycles. The van der Waals surface area contributed by atoms with Crippen LogP contribution in [0.4, 0.5) is 0 Å². The van der Waals surface area contributed by atoms with E-state index < -0.39 is 27.6 Å². The minimum absolute atomic E-state index is 0.00444. The molecule has 0 amide bonds. The molecule has 6 heteroatoms. The van der Waals surface area contributed by atoms with Gasteiger partial charge in [-0.05, 0) is 5.92 Å². The van der Waals surface area contributed by atoms with E-state index in [1.165, 1.54) is 0 Å². The molecule has 0 aliphatic carbocycles. The number of hydrogen-bond donors (Lipinski definition) is 2. The summed E-state index contributed by atoms with van der Waals surface area (Å²) >= 11 is 0. The summed E-state index contributed by atoms with van der Waals surface area (Å²) in [6.07, 6.45) is 0.752. The fourth-order valence-corrected chi connectivity index (χ4v) is 2.89. The summed E-state index contributed by atoms with van der Waals surface area (Å²) in [6, 6.07) is -1.32. The lowest BCUT2D eigenvalue weighted by molar-refractivity contribution is -0.137. The predicted octanol–water partition coefficient (Wildman–Crippen LogP) is -0.141. The minimum atomic E-state index is -3.34. The Morgan fingerprint density at radius 1 is 1.43 bits per heavy atom. The van der Waals surface area contributed by atoms with Crippen molar-refractivity contribution < 1.29 is 18.3 Å². The Hall–Kier alpha value is -0.620. The summed E-state index contributed by atoms with van der Waals surface area (Å²) in [6.45, 7) is 3.70. The number of sulfone groups is 1. The number of aliphatic carboxylic acids is 1. The highest BCUT2D eigenvalue weighted by molar-refractivity contribution is 7.91. The molecule has 0 radical (unpaired) electrons. The third-order valence-electron chi connectivity index (χ3n) is 1.99. The predicted molar refractivity (Wildman–Crippen MR) is 53.7 cm³/mol. The molecule has 14 heavy (non-hydrogen) atoms. The maximum atomic E-state index is 11.4. The monoisotopic (exact) mass is 223 g/mol. The molecule has 3 N–H and O–H groups in total. The van der Waals surface area contributed by atoms with Crippen LogP contribution in [0.5, 0.6) is 0 Å². The first kappa shape index (κ1) is 13.4. The van der Waals surface area contributed by atoms with Crippen LogP contribution in [0.2, 0.25) is 0 Å². The van der Waals surface area contributed by atoms with Crippen molar-refractivity contribution in [2.45, 2.75) is 26.3 Å². The summed E-state index contributed by atoms with van der Waals surface area (Å²) in [7, 11) is -3.34. The Bertz CT molecular complexity index is 286. The number of carboxylic acid groups (broad SMARTS) is 1. The van der Waals surface area contributed by atoms with Crippen LogP contribution in [0.3, 0.4) is 0 Å². The van der Waals surface area contributed by atoms with Gasteiger partial charge in [-0.2, -0.15) is 0 Å². The van der Waals surface area contributed by atoms with Gasteiger partial charge in [0, 0.05) is 0 Å². The van der Waals surface area contributed by atoms with E-state index in [0.29, 0.717) is 0 Å². The molecule has 0 aromatic carbocycles. The van der Waals surface area contributed by atoms with Crippen molar-refractivity contribution in [3.8, 4) is 0 Å². The Balaban J connectivity index is 4.28. The van der Waals surface area contributed by atoms with Crippen LogP contribution in [-0.2, 0) is 14.6 Å². The lowest BCUT2D eigenvalue weighted by Gasteiger charge is -2.11. The molecule has 0 saturated carbocycles. The first-order valence-corrected chi connectivity index (χ1v) is 6.29. The largest absolute Gasteiger partial charge is 0.480 e. The standard InChI is InChI=1S/C8H17NO4S/c1-3-6(2)4-14(12,13)5-7(9)8(10)11/h6-7H,3-5,9H2,1-2H3,(H,10,11). The average molecular weight is 223 g/mol. The minimum Gasteiger partial charge on any atom is -0.480 e. The van der Waals surface area contributed by atoms with E-state index in [0.717, 1.165) is 6.42 Å². The zero-order chi connectivity index (χ0) is 11.4. The van der Waals surface area contributed by atoms with Crippen molar-refractivity contribution in [3.63, 3.8) is 0 Å². The number of carboxylic acids is 1. The van der Waals surface area contributed by atoms with Crippen molar-refractivity contribution in [1.82, 2.24) is 0 Å². The summed E-state index contributed by atoms with van der Waals surface area (Å²) in [5, 5.41) is 8.45. The van der Waals surface area contributed by atoms with E-state index in [9.17, 15) is 13.2 Å². The molecule has 0 saturated heterocycles. The molecule has 0 rings (SSSR count). The highest BCUT2D eigenvalue weighted by Crippen LogP contribution is 2.06. The van der Waals surface area contributed by atoms with E-state index in [4.69, 9.17) is 10.8 Å². The van der Waals surface area contributed by atoms with Gasteiger partial charge in [0.2, 0.25) is 0 Å². The third-order valence-corrected chi connectivity index (χ3v) is 3.93. The van der Waals surface area contributed by atoms with Crippen molar-refractivity contribution in [2.75, 3.05) is 11.5 Å². The molecule has 0 aromatic rings. The van der Waals surface area contributed by atoms with Gasteiger partial charge >= 0.3 is 5.97 Å². The van der Waals surface area contributed by atoms with Crippen LogP contribution < -0.4 is 5.73 Å². The second kappa shape index (κ2) is 5.31. The second-order valence-electron chi connectivity index (χ2n) is 3.54. The SMILES string of the molecule is CCC(C)CS(=O)(=O)CC(N)C(=O)O. The van der Waals surface area contributed by atoms with Crippen LogP contribution in [0, 0.1) is 5.92 Å². The van der Waals surface area contributed by atoms with Crippen LogP contribution in [0.25, 0.3) is 0 Å². The Morgan fingerprint density at radius 3 is 2.29 bits per heavy atom. The molecule has 0 aliphatic rings. The second-order valence-corrected chi connectivity index (χ2v) is 5.69. The molecule has 0 bridgehead atoms. The average Bonchev–Trinajstić information content (AvgIpc) is 2.02. The topological polar surface area (TPSA) is 97.5 Å². The molecule has 2 atom stereocenters. The molecule has 2 unspecified atom stereocenters. The van der Waals surface area contributed by atoms with Gasteiger partial charge in [0.1, 0.15) is 6.04 Å². The molecule has 0 fully saturated rings. The lowest BCUT2D eigenvalue weighted by Crippen LogP contribution is -2.38. The Morgan fingerprint density at radius 2 is 1.93 bits per heavy atom. The fourth-order valence-electron chi connectivity index (χ4n) is 0.964. The summed E-state index contributed by atoms with van der Waals surface area (Å²) in [5.41, 5.74) is 5.14. The fraction of sp³-hybridized carbons (Fsp3) is 0.875. The van der Waals surface area contributed by atoms with E-state index >= 15 is 0 Å². The molecule has 0 heterocycles. The molecule has 84 valence electrons. The van der Waals surface area contributed by atoms with E-state index in [1.54, 1.807) is 0 Å². The van der Waals surface area contributed by atoms with Gasteiger partial charge in [-0.3, -0.25) is 4.79 Å². The zero-order valence-electron chi connectivity index (χ0n) is 8.43. The highest BCUT2D eigenvalue weighted by atomic mass is 32.2. The number of rotatable bonds is 6. The summed E-state index contributed by atoms with van der Waals surface area (Å²) < 4.78 is 22.7. The molecular formula is C8H17NO4S. The molecule has 0 aromatic heterocycles. The first-order valence-electron chi connectivity index (χ1n) is 4.47. The van der Waals surface area contributed by atoms with Crippen LogP contribution in [-0.4, -0.2) is 37.0 Å². The van der Waals surface area contributed by atoms with Gasteiger partial charge in [0.05, 0.1) is 11.5 Å². The number of carbonyl (C=O) groups is 1. The van der Waals surface area contributed by atoms with Crippen molar-refractivity contribution in [3.05, 3.63) is 0 Å². The number of hydrogen-bond acceptors (Lipinski definition) is 4. The van der Waals surface area contributed by atoms with Gasteiger partial charge in [0.25, 0.3) is 0 Å². The van der Waals surface area contributed by atoms with Crippen molar-refractivity contribution in [1.29, 1.82) is 0 Å². The van der Waals surface area contributed by atoms with Gasteiger partial charge < -0.3 is 10.8 Å². The van der Waals surface area contributed by atoms with E-state index in [1.807, 2.05) is 13.8 Å². The normalized spacial score (nSPS) is 16.2. The Labute approximate surface area is 84.2 Å². The summed E-state index contributed by atoms with van der Waals surface area (Å²) in [4.78, 5) is 10.3. The Kier molecular flexibility index (Phi) is 5.07. The van der Waals surface area contributed by atoms with Gasteiger partial charge in [-0.15, -0.1) is 0 Å². The van der Waals surface area contributed by atoms with Crippen LogP contribution >= 0.6 is 0 Å². The summed E-state index contributed by atoms with van der Waals surface area (Å²) in [5.74, 6) is -1.71. The first-order chi connectivity index (χ1) is 6.28. The van der Waals surface area contributed by atoms with E-state index in [-0.39, 0.29) is 11.7 Å². The van der Waals surface area contributed by atoms with Gasteiger partial charge in [-0.1, -0.05) is 20.3 Å². The van der Waals surface area contributed by atoms with Crippen LogP contribution in [0.15, 0.2) is 0 Å². The van der Waals surface area contributed by atoms with Gasteiger partial charge in [-0.25, -0.2) is 8.42 Å². The van der Waals surface area contributed by atoms with E-state index in [2.05, 4.69) is 0 Å². The third kappa shape index (κ3) is 5.18. The zero-order valence-corrected chi connectivity index (χ0v) is 9.25. The quantitative estimate of drug-likeness (QED) is 0.653. The smallest absolute Gasteiger partial charge is 0.321 e. The maximum Gasteiger partial charge on any atom is 0.321 e. The molecular weight excluding hydrogens is 206 g/mol. The molecule has 0 spiro atoms. The maximum absolute atomic E-state index is 11.4. The lowest BCUT2D eigenvalue weighted by atomic mass is 10.2. The van der Waals surface area contributed by atoms with Crippen LogP contribution in [0.1, 0.15) is 20.3 Å².